The van der Waals surface area contributed by atoms with Crippen molar-refractivity contribution in [2.75, 3.05) is 10.6 Å². The van der Waals surface area contributed by atoms with Gasteiger partial charge >= 0.3 is 0 Å². The van der Waals surface area contributed by atoms with Gasteiger partial charge in [0, 0.05) is 27.1 Å². The highest BCUT2D eigenvalue weighted by molar-refractivity contribution is 6.31. The molecule has 0 aliphatic carbocycles. The fourth-order valence-corrected chi connectivity index (χ4v) is 6.85. The van der Waals surface area contributed by atoms with E-state index in [1.165, 1.54) is 0 Å². The van der Waals surface area contributed by atoms with Crippen LogP contribution in [0.15, 0.2) is 131 Å². The fraction of sp³-hybridized carbons (Fsp3) is 0.0769. The molecule has 6 heteroatoms. The molecule has 0 atom stereocenters. The number of anilines is 2. The van der Waals surface area contributed by atoms with Crippen LogP contribution in [0.2, 0.25) is 0 Å². The summed E-state index contributed by atoms with van der Waals surface area (Å²) in [6, 6.07) is 35.3. The van der Waals surface area contributed by atoms with Crippen molar-refractivity contribution in [3.05, 3.63) is 127 Å². The summed E-state index contributed by atoms with van der Waals surface area (Å²) in [6.45, 7) is 4.22. The maximum atomic E-state index is 6.79. The smallest absolute Gasteiger partial charge is 0.235 e. The lowest BCUT2D eigenvalue weighted by atomic mass is 10.0. The molecule has 0 spiro atoms. The quantitative estimate of drug-likeness (QED) is 0.217. The van der Waals surface area contributed by atoms with Gasteiger partial charge in [-0.25, -0.2) is 9.97 Å². The lowest BCUT2D eigenvalue weighted by molar-refractivity contribution is 0.671. The van der Waals surface area contributed by atoms with Crippen molar-refractivity contribution in [2.24, 2.45) is 0 Å². The summed E-state index contributed by atoms with van der Waals surface area (Å²) in [6.07, 6.45) is 5.26. The molecule has 2 N–H and O–H groups in total. The molecule has 0 bridgehead atoms. The van der Waals surface area contributed by atoms with E-state index in [2.05, 4.69) is 114 Å². The molecular weight excluding hydrogens is 554 g/mol. The van der Waals surface area contributed by atoms with Crippen molar-refractivity contribution in [3.8, 4) is 17.2 Å². The number of hydrogen-bond acceptors (Lipinski definition) is 5. The molecule has 0 unspecified atom stereocenters. The SMILES string of the molecule is C/C=C1/Nc2c(c3c4ccccc4n(-c4nc(-c5ccccc5)c5ccccc5n4)c3c3oc4ccccc4c23)N/C1=C/CC. The molecule has 5 aromatic carbocycles. The number of nitrogens with zero attached hydrogens (tertiary/aromatic N) is 3. The fourth-order valence-electron chi connectivity index (χ4n) is 6.85. The molecule has 8 aromatic rings. The van der Waals surface area contributed by atoms with Crippen molar-refractivity contribution < 1.29 is 4.42 Å². The zero-order chi connectivity index (χ0) is 30.1. The highest BCUT2D eigenvalue weighted by Crippen LogP contribution is 2.51. The summed E-state index contributed by atoms with van der Waals surface area (Å²) in [5.74, 6) is 0.600. The summed E-state index contributed by atoms with van der Waals surface area (Å²) in [7, 11) is 0. The number of para-hydroxylation sites is 3. The molecule has 9 rings (SSSR count). The Morgan fingerprint density at radius 3 is 2.22 bits per heavy atom. The summed E-state index contributed by atoms with van der Waals surface area (Å²) in [5, 5.41) is 12.9. The van der Waals surface area contributed by atoms with E-state index in [0.717, 1.165) is 95.1 Å². The van der Waals surface area contributed by atoms with Gasteiger partial charge in [0.1, 0.15) is 11.1 Å². The van der Waals surface area contributed by atoms with E-state index in [4.69, 9.17) is 14.4 Å². The van der Waals surface area contributed by atoms with Crippen molar-refractivity contribution in [3.63, 3.8) is 0 Å². The molecule has 45 heavy (non-hydrogen) atoms. The van der Waals surface area contributed by atoms with E-state index in [1.54, 1.807) is 0 Å². The topological polar surface area (TPSA) is 67.9 Å². The van der Waals surface area contributed by atoms with Gasteiger partial charge < -0.3 is 15.1 Å². The molecule has 6 nitrogen and oxygen atoms in total. The first-order valence-electron chi connectivity index (χ1n) is 15.4. The van der Waals surface area contributed by atoms with Crippen LogP contribution in [0.25, 0.3) is 71.9 Å². The standard InChI is InChI=1S/C39H29N5O/c1-3-14-29-27(4-2)40-36-33-26-19-10-13-22-31(26)45-38(33)37-32(35(36)41-29)25-18-9-12-21-30(25)44(37)39-42-28-20-11-8-17-24(28)34(43-39)23-15-6-5-7-16-23/h4-22,40-41H,3H2,1-2H3/b27-4+,29-14+. The summed E-state index contributed by atoms with van der Waals surface area (Å²) < 4.78 is 8.98. The predicted molar refractivity (Wildman–Crippen MR) is 186 cm³/mol. The highest BCUT2D eigenvalue weighted by Gasteiger charge is 2.30. The Labute approximate surface area is 259 Å². The third-order valence-electron chi connectivity index (χ3n) is 8.78. The van der Waals surface area contributed by atoms with Gasteiger partial charge in [0.2, 0.25) is 5.95 Å². The van der Waals surface area contributed by atoms with Crippen LogP contribution in [0, 0.1) is 0 Å². The summed E-state index contributed by atoms with van der Waals surface area (Å²) >= 11 is 0. The molecule has 1 aliphatic heterocycles. The molecule has 1 aliphatic rings. The Kier molecular flexibility index (Phi) is 5.59. The number of hydrogen-bond donors (Lipinski definition) is 2. The molecule has 216 valence electrons. The van der Waals surface area contributed by atoms with E-state index < -0.39 is 0 Å². The summed E-state index contributed by atoms with van der Waals surface area (Å²) in [5.41, 5.74) is 10.5. The van der Waals surface area contributed by atoms with Crippen molar-refractivity contribution in [1.82, 2.24) is 14.5 Å². The van der Waals surface area contributed by atoms with Crippen LogP contribution in [-0.4, -0.2) is 14.5 Å². The molecule has 0 saturated carbocycles. The molecule has 3 aromatic heterocycles. The predicted octanol–water partition coefficient (Wildman–Crippen LogP) is 10.3. The first-order valence-corrected chi connectivity index (χ1v) is 15.4. The van der Waals surface area contributed by atoms with Crippen LogP contribution in [0.5, 0.6) is 0 Å². The second-order valence-corrected chi connectivity index (χ2v) is 11.4. The van der Waals surface area contributed by atoms with Crippen molar-refractivity contribution in [2.45, 2.75) is 20.3 Å². The lowest BCUT2D eigenvalue weighted by Crippen LogP contribution is -2.17. The van der Waals surface area contributed by atoms with Gasteiger partial charge in [0.05, 0.1) is 44.9 Å². The number of furan rings is 1. The first kappa shape index (κ1) is 25.6. The van der Waals surface area contributed by atoms with Crippen molar-refractivity contribution in [1.29, 1.82) is 0 Å². The van der Waals surface area contributed by atoms with Crippen LogP contribution in [-0.2, 0) is 0 Å². The maximum Gasteiger partial charge on any atom is 0.235 e. The number of allylic oxidation sites excluding steroid dienone is 2. The maximum absolute atomic E-state index is 6.79. The largest absolute Gasteiger partial charge is 0.454 e. The Balaban J connectivity index is 1.49. The lowest BCUT2D eigenvalue weighted by Gasteiger charge is -2.27. The Morgan fingerprint density at radius 1 is 0.711 bits per heavy atom. The highest BCUT2D eigenvalue weighted by atomic mass is 16.3. The number of aromatic nitrogens is 3. The Bertz CT molecular complexity index is 2540. The van der Waals surface area contributed by atoms with Gasteiger partial charge in [-0.3, -0.25) is 4.57 Å². The zero-order valence-corrected chi connectivity index (χ0v) is 24.9. The number of nitrogens with one attached hydrogen (secondary N) is 2. The van der Waals surface area contributed by atoms with E-state index in [1.807, 2.05) is 30.3 Å². The average molecular weight is 584 g/mol. The molecular formula is C39H29N5O. The molecule has 0 radical (unpaired) electrons. The van der Waals surface area contributed by atoms with E-state index in [9.17, 15) is 0 Å². The Morgan fingerprint density at radius 2 is 1.40 bits per heavy atom. The number of fused-ring (bicyclic) bond motifs is 11. The van der Waals surface area contributed by atoms with Crippen molar-refractivity contribution >= 4 is 66.0 Å². The minimum atomic E-state index is 0.600. The second-order valence-electron chi connectivity index (χ2n) is 11.4. The van der Waals surface area contributed by atoms with E-state index in [-0.39, 0.29) is 0 Å². The van der Waals surface area contributed by atoms with Crippen LogP contribution < -0.4 is 10.6 Å². The number of benzene rings is 5. The van der Waals surface area contributed by atoms with Gasteiger partial charge in [0.25, 0.3) is 0 Å². The monoisotopic (exact) mass is 583 g/mol. The normalized spacial score (nSPS) is 15.0. The molecule has 0 saturated heterocycles. The van der Waals surface area contributed by atoms with Gasteiger partial charge in [-0.05, 0) is 31.5 Å². The van der Waals surface area contributed by atoms with Gasteiger partial charge in [-0.1, -0.05) is 104 Å². The van der Waals surface area contributed by atoms with Crippen LogP contribution >= 0.6 is 0 Å². The van der Waals surface area contributed by atoms with E-state index in [0.29, 0.717) is 5.95 Å². The minimum Gasteiger partial charge on any atom is -0.454 e. The minimum absolute atomic E-state index is 0.600. The number of rotatable bonds is 3. The summed E-state index contributed by atoms with van der Waals surface area (Å²) in [4.78, 5) is 10.5. The first-order chi connectivity index (χ1) is 22.2. The van der Waals surface area contributed by atoms with Crippen LogP contribution in [0.4, 0.5) is 11.4 Å². The zero-order valence-electron chi connectivity index (χ0n) is 24.9. The molecule has 0 fully saturated rings. The van der Waals surface area contributed by atoms with Gasteiger partial charge in [0.15, 0.2) is 5.58 Å². The third kappa shape index (κ3) is 3.69. The van der Waals surface area contributed by atoms with E-state index >= 15 is 0 Å². The molecule has 4 heterocycles. The van der Waals surface area contributed by atoms with Gasteiger partial charge in [-0.15, -0.1) is 0 Å². The molecule has 0 amide bonds. The van der Waals surface area contributed by atoms with Crippen LogP contribution in [0.1, 0.15) is 20.3 Å². The average Bonchev–Trinajstić information content (AvgIpc) is 3.65. The second kappa shape index (κ2) is 9.82. The van der Waals surface area contributed by atoms with Crippen LogP contribution in [0.3, 0.4) is 0 Å². The van der Waals surface area contributed by atoms with Gasteiger partial charge in [-0.2, -0.15) is 0 Å². The third-order valence-corrected chi connectivity index (χ3v) is 8.78. The Hall–Kier alpha value is -5.88.